The van der Waals surface area contributed by atoms with Gasteiger partial charge in [-0.15, -0.1) is 0 Å². The fourth-order valence-corrected chi connectivity index (χ4v) is 2.82. The summed E-state index contributed by atoms with van der Waals surface area (Å²) < 4.78 is 0. The Morgan fingerprint density at radius 1 is 0.500 bits per heavy atom. The maximum absolute atomic E-state index is 12.6. The van der Waals surface area contributed by atoms with E-state index in [1.807, 2.05) is 0 Å². The Morgan fingerprint density at radius 2 is 0.800 bits per heavy atom. The zero-order chi connectivity index (χ0) is 21.7. The summed E-state index contributed by atoms with van der Waals surface area (Å²) >= 11 is 0. The maximum atomic E-state index is 12.6. The van der Waals surface area contributed by atoms with Crippen LogP contribution in [-0.2, 0) is 0 Å². The van der Waals surface area contributed by atoms with Gasteiger partial charge in [-0.05, 0) is 36.4 Å². The monoisotopic (exact) mass is 404 g/mol. The third kappa shape index (κ3) is 4.33. The number of anilines is 2. The van der Waals surface area contributed by atoms with Gasteiger partial charge in [0.1, 0.15) is 0 Å². The third-order valence-electron chi connectivity index (χ3n) is 4.23. The molecule has 0 spiro atoms. The average molecular weight is 404 g/mol. The summed E-state index contributed by atoms with van der Waals surface area (Å²) in [7, 11) is 0. The van der Waals surface area contributed by atoms with Crippen LogP contribution in [0.15, 0.2) is 72.8 Å². The minimum absolute atomic E-state index is 0.0395. The lowest BCUT2D eigenvalue weighted by Gasteiger charge is -2.14. The molecule has 0 saturated carbocycles. The molecular weight excluding hydrogens is 388 g/mol. The van der Waals surface area contributed by atoms with E-state index in [1.165, 1.54) is 60.7 Å². The van der Waals surface area contributed by atoms with E-state index in [9.17, 15) is 29.4 Å². The first kappa shape index (κ1) is 20.3. The van der Waals surface area contributed by atoms with Crippen LogP contribution in [0.5, 0.6) is 0 Å². The summed E-state index contributed by atoms with van der Waals surface area (Å²) in [5, 5.41) is 23.7. The first-order chi connectivity index (χ1) is 14.4. The van der Waals surface area contributed by atoms with Crippen LogP contribution in [0.25, 0.3) is 0 Å². The van der Waals surface area contributed by atoms with E-state index in [0.29, 0.717) is 0 Å². The lowest BCUT2D eigenvalue weighted by atomic mass is 10.1. The Morgan fingerprint density at radius 3 is 1.13 bits per heavy atom. The van der Waals surface area contributed by atoms with Gasteiger partial charge in [-0.1, -0.05) is 36.4 Å². The molecule has 3 rings (SSSR count). The van der Waals surface area contributed by atoms with Crippen molar-refractivity contribution in [3.8, 4) is 0 Å². The van der Waals surface area contributed by atoms with E-state index >= 15 is 0 Å². The van der Waals surface area contributed by atoms with Gasteiger partial charge in [-0.25, -0.2) is 9.59 Å². The molecule has 0 bridgehead atoms. The Bertz CT molecular complexity index is 1070. The van der Waals surface area contributed by atoms with E-state index in [-0.39, 0.29) is 33.6 Å². The average Bonchev–Trinajstić information content (AvgIpc) is 2.75. The highest BCUT2D eigenvalue weighted by molar-refractivity contribution is 6.14. The van der Waals surface area contributed by atoms with Gasteiger partial charge in [0, 0.05) is 0 Å². The summed E-state index contributed by atoms with van der Waals surface area (Å²) in [6.45, 7) is 0. The number of benzene rings is 3. The molecule has 3 aromatic rings. The van der Waals surface area contributed by atoms with E-state index < -0.39 is 23.8 Å². The predicted molar refractivity (Wildman–Crippen MR) is 109 cm³/mol. The topological polar surface area (TPSA) is 133 Å². The number of para-hydroxylation sites is 2. The number of carbonyl (C=O) groups is 4. The molecular formula is C22H16N2O6. The molecule has 0 heterocycles. The van der Waals surface area contributed by atoms with Gasteiger partial charge < -0.3 is 20.8 Å². The smallest absolute Gasteiger partial charge is 0.336 e. The molecule has 150 valence electrons. The van der Waals surface area contributed by atoms with Crippen molar-refractivity contribution >= 4 is 35.1 Å². The van der Waals surface area contributed by atoms with Crippen LogP contribution in [0, 0.1) is 0 Å². The van der Waals surface area contributed by atoms with Crippen molar-refractivity contribution in [3.63, 3.8) is 0 Å². The maximum Gasteiger partial charge on any atom is 0.336 e. The lowest BCUT2D eigenvalue weighted by molar-refractivity contribution is 0.0683. The van der Waals surface area contributed by atoms with Crippen molar-refractivity contribution < 1.29 is 29.4 Å². The van der Waals surface area contributed by atoms with Crippen molar-refractivity contribution in [2.24, 2.45) is 0 Å². The van der Waals surface area contributed by atoms with Gasteiger partial charge in [0.15, 0.2) is 0 Å². The second-order valence-corrected chi connectivity index (χ2v) is 6.16. The molecule has 0 aliphatic carbocycles. The third-order valence-corrected chi connectivity index (χ3v) is 4.23. The number of hydrogen-bond donors (Lipinski definition) is 4. The van der Waals surface area contributed by atoms with Gasteiger partial charge in [0.05, 0.1) is 33.6 Å². The van der Waals surface area contributed by atoms with Crippen molar-refractivity contribution in [3.05, 3.63) is 95.1 Å². The zero-order valence-electron chi connectivity index (χ0n) is 15.5. The zero-order valence-corrected chi connectivity index (χ0v) is 15.5. The fraction of sp³-hybridized carbons (Fsp3) is 0. The number of carboxylic acid groups (broad SMARTS) is 2. The Labute approximate surface area is 170 Å². The summed E-state index contributed by atoms with van der Waals surface area (Å²) in [4.78, 5) is 48.0. The summed E-state index contributed by atoms with van der Waals surface area (Å²) in [6.07, 6.45) is 0. The summed E-state index contributed by atoms with van der Waals surface area (Å²) in [5.41, 5.74) is 0.0520. The van der Waals surface area contributed by atoms with Crippen LogP contribution in [0.2, 0.25) is 0 Å². The normalized spacial score (nSPS) is 10.1. The molecule has 0 radical (unpaired) electrons. The minimum Gasteiger partial charge on any atom is -0.478 e. The Balaban J connectivity index is 1.87. The molecule has 0 saturated heterocycles. The molecule has 2 amide bonds. The van der Waals surface area contributed by atoms with Gasteiger partial charge in [-0.3, -0.25) is 9.59 Å². The van der Waals surface area contributed by atoms with Gasteiger partial charge in [0.25, 0.3) is 11.8 Å². The van der Waals surface area contributed by atoms with Crippen LogP contribution in [-0.4, -0.2) is 34.0 Å². The molecule has 0 aliphatic rings. The van der Waals surface area contributed by atoms with Crippen LogP contribution < -0.4 is 10.6 Å². The van der Waals surface area contributed by atoms with Crippen LogP contribution in [0.4, 0.5) is 11.4 Å². The summed E-state index contributed by atoms with van der Waals surface area (Å²) in [6, 6.07) is 17.8. The Hall–Kier alpha value is -4.46. The summed E-state index contributed by atoms with van der Waals surface area (Å²) in [5.74, 6) is -3.82. The SMILES string of the molecule is O=C(O)c1ccccc1C(=O)Nc1ccccc1NC(=O)c1ccccc1C(=O)O. The van der Waals surface area contributed by atoms with Crippen molar-refractivity contribution in [2.45, 2.75) is 0 Å². The molecule has 0 fully saturated rings. The highest BCUT2D eigenvalue weighted by Crippen LogP contribution is 2.24. The van der Waals surface area contributed by atoms with Gasteiger partial charge in [0.2, 0.25) is 0 Å². The molecule has 8 heteroatoms. The highest BCUT2D eigenvalue weighted by Gasteiger charge is 2.19. The Kier molecular flexibility index (Phi) is 5.88. The van der Waals surface area contributed by atoms with E-state index in [4.69, 9.17) is 0 Å². The van der Waals surface area contributed by atoms with Crippen LogP contribution in [0.3, 0.4) is 0 Å². The number of hydrogen-bond acceptors (Lipinski definition) is 4. The van der Waals surface area contributed by atoms with Crippen molar-refractivity contribution in [1.82, 2.24) is 0 Å². The molecule has 3 aromatic carbocycles. The molecule has 0 unspecified atom stereocenters. The van der Waals surface area contributed by atoms with Gasteiger partial charge in [-0.2, -0.15) is 0 Å². The molecule has 0 atom stereocenters. The van der Waals surface area contributed by atoms with E-state index in [0.717, 1.165) is 0 Å². The van der Waals surface area contributed by atoms with E-state index in [2.05, 4.69) is 10.6 Å². The van der Waals surface area contributed by atoms with Gasteiger partial charge >= 0.3 is 11.9 Å². The molecule has 0 aromatic heterocycles. The highest BCUT2D eigenvalue weighted by atomic mass is 16.4. The number of nitrogens with one attached hydrogen (secondary N) is 2. The molecule has 30 heavy (non-hydrogen) atoms. The standard InChI is InChI=1S/C22H16N2O6/c25-19(13-7-1-3-9-15(13)21(27)28)23-17-11-5-6-12-18(17)24-20(26)14-8-2-4-10-16(14)22(29)30/h1-12H,(H,23,25)(H,24,26)(H,27,28)(H,29,30). The first-order valence-corrected chi connectivity index (χ1v) is 8.75. The quantitative estimate of drug-likeness (QED) is 0.496. The van der Waals surface area contributed by atoms with E-state index in [1.54, 1.807) is 12.1 Å². The van der Waals surface area contributed by atoms with Crippen LogP contribution >= 0.6 is 0 Å². The fourth-order valence-electron chi connectivity index (χ4n) is 2.82. The lowest BCUT2D eigenvalue weighted by Crippen LogP contribution is -2.20. The first-order valence-electron chi connectivity index (χ1n) is 8.75. The molecule has 8 nitrogen and oxygen atoms in total. The predicted octanol–water partition coefficient (Wildman–Crippen LogP) is 3.59. The number of carboxylic acids is 2. The number of carbonyl (C=O) groups excluding carboxylic acids is 2. The second kappa shape index (κ2) is 8.70. The molecule has 4 N–H and O–H groups in total. The number of rotatable bonds is 6. The largest absolute Gasteiger partial charge is 0.478 e. The second-order valence-electron chi connectivity index (χ2n) is 6.16. The van der Waals surface area contributed by atoms with Crippen molar-refractivity contribution in [2.75, 3.05) is 10.6 Å². The number of amides is 2. The van der Waals surface area contributed by atoms with Crippen LogP contribution in [0.1, 0.15) is 41.4 Å². The molecule has 0 aliphatic heterocycles. The van der Waals surface area contributed by atoms with Crippen molar-refractivity contribution in [1.29, 1.82) is 0 Å². The minimum atomic E-state index is -1.24. The number of aromatic carboxylic acids is 2.